The highest BCUT2D eigenvalue weighted by Gasteiger charge is 2.12. The van der Waals surface area contributed by atoms with E-state index >= 15 is 0 Å². The number of hydrogen-bond donors (Lipinski definition) is 0. The van der Waals surface area contributed by atoms with E-state index in [1.54, 1.807) is 0 Å². The van der Waals surface area contributed by atoms with Gasteiger partial charge in [-0.2, -0.15) is 0 Å². The molecule has 0 aliphatic rings. The van der Waals surface area contributed by atoms with E-state index < -0.39 is 0 Å². The first kappa shape index (κ1) is 12.8. The summed E-state index contributed by atoms with van der Waals surface area (Å²) in [5, 5.41) is 4.29. The minimum absolute atomic E-state index is 0.0866. The first-order valence-electron chi connectivity index (χ1n) is 5.11. The predicted octanol–water partition coefficient (Wildman–Crippen LogP) is 2.68. The van der Waals surface area contributed by atoms with Gasteiger partial charge in [-0.05, 0) is 19.1 Å². The van der Waals surface area contributed by atoms with Gasteiger partial charge in [0.15, 0.2) is 0 Å². The lowest BCUT2D eigenvalue weighted by Crippen LogP contribution is -2.34. The van der Waals surface area contributed by atoms with Crippen LogP contribution in [0.25, 0.3) is 0 Å². The van der Waals surface area contributed by atoms with Crippen LogP contribution < -0.4 is 4.74 Å². The molecule has 0 aliphatic carbocycles. The van der Waals surface area contributed by atoms with Crippen LogP contribution in [0.3, 0.4) is 0 Å². The molecule has 0 amide bonds. The summed E-state index contributed by atoms with van der Waals surface area (Å²) in [4.78, 5) is 10.5. The summed E-state index contributed by atoms with van der Waals surface area (Å²) in [6.45, 7) is 2.72. The molecule has 4 nitrogen and oxygen atoms in total. The molecular weight excluding hydrogens is 228 g/mol. The van der Waals surface area contributed by atoms with Crippen molar-refractivity contribution in [3.8, 4) is 5.75 Å². The SMILES string of the molecule is CC(COc1ccccc1)N(CCCl)N=O. The van der Waals surface area contributed by atoms with Crippen molar-refractivity contribution in [3.63, 3.8) is 0 Å². The smallest absolute Gasteiger partial charge is 0.119 e. The van der Waals surface area contributed by atoms with Crippen molar-refractivity contribution in [2.45, 2.75) is 13.0 Å². The molecule has 1 rings (SSSR count). The van der Waals surface area contributed by atoms with E-state index in [-0.39, 0.29) is 6.04 Å². The van der Waals surface area contributed by atoms with E-state index in [0.717, 1.165) is 5.75 Å². The van der Waals surface area contributed by atoms with E-state index in [0.29, 0.717) is 19.0 Å². The molecule has 0 fully saturated rings. The van der Waals surface area contributed by atoms with Crippen molar-refractivity contribution in [2.75, 3.05) is 19.0 Å². The van der Waals surface area contributed by atoms with Gasteiger partial charge in [-0.1, -0.05) is 18.2 Å². The zero-order chi connectivity index (χ0) is 11.8. The molecular formula is C11H15ClN2O2. The Labute approximate surface area is 100 Å². The number of halogens is 1. The van der Waals surface area contributed by atoms with Crippen molar-refractivity contribution in [3.05, 3.63) is 35.2 Å². The number of nitroso groups, excluding NO2 is 1. The maximum Gasteiger partial charge on any atom is 0.119 e. The largest absolute Gasteiger partial charge is 0.491 e. The fourth-order valence-electron chi connectivity index (χ4n) is 1.25. The normalized spacial score (nSPS) is 11.9. The van der Waals surface area contributed by atoms with Crippen molar-refractivity contribution in [1.29, 1.82) is 0 Å². The molecule has 0 aliphatic heterocycles. The van der Waals surface area contributed by atoms with E-state index in [1.165, 1.54) is 5.01 Å². The molecule has 1 aromatic carbocycles. The summed E-state index contributed by atoms with van der Waals surface area (Å²) in [6.07, 6.45) is 0. The molecule has 0 saturated heterocycles. The molecule has 16 heavy (non-hydrogen) atoms. The topological polar surface area (TPSA) is 41.9 Å². The highest BCUT2D eigenvalue weighted by molar-refractivity contribution is 6.18. The van der Waals surface area contributed by atoms with E-state index in [1.807, 2.05) is 37.3 Å². The average molecular weight is 243 g/mol. The zero-order valence-electron chi connectivity index (χ0n) is 9.17. The minimum Gasteiger partial charge on any atom is -0.491 e. The Hall–Kier alpha value is -1.29. The Bertz CT molecular complexity index is 308. The van der Waals surface area contributed by atoms with Gasteiger partial charge in [0.05, 0.1) is 17.9 Å². The third-order valence-electron chi connectivity index (χ3n) is 2.16. The van der Waals surface area contributed by atoms with Crippen LogP contribution in [0, 0.1) is 4.91 Å². The fourth-order valence-corrected chi connectivity index (χ4v) is 1.42. The first-order valence-corrected chi connectivity index (χ1v) is 5.65. The summed E-state index contributed by atoms with van der Waals surface area (Å²) >= 11 is 5.55. The Balaban J connectivity index is 2.39. The predicted molar refractivity (Wildman–Crippen MR) is 64.6 cm³/mol. The molecule has 0 aromatic heterocycles. The Morgan fingerprint density at radius 3 is 2.69 bits per heavy atom. The van der Waals surface area contributed by atoms with Gasteiger partial charge in [0.2, 0.25) is 0 Å². The first-order chi connectivity index (χ1) is 7.77. The molecule has 88 valence electrons. The Morgan fingerprint density at radius 2 is 2.12 bits per heavy atom. The molecule has 0 saturated carbocycles. The minimum atomic E-state index is -0.0866. The molecule has 1 atom stereocenters. The summed E-state index contributed by atoms with van der Waals surface area (Å²) in [7, 11) is 0. The Kier molecular flexibility index (Phi) is 5.64. The molecule has 5 heteroatoms. The maximum atomic E-state index is 10.5. The van der Waals surface area contributed by atoms with Gasteiger partial charge >= 0.3 is 0 Å². The van der Waals surface area contributed by atoms with Crippen molar-refractivity contribution >= 4 is 11.6 Å². The number of alkyl halides is 1. The molecule has 0 radical (unpaired) electrons. The van der Waals surface area contributed by atoms with Crippen molar-refractivity contribution in [2.24, 2.45) is 5.29 Å². The monoisotopic (exact) mass is 242 g/mol. The lowest BCUT2D eigenvalue weighted by molar-refractivity contribution is 0.155. The summed E-state index contributed by atoms with van der Waals surface area (Å²) < 4.78 is 5.51. The molecule has 0 N–H and O–H groups in total. The van der Waals surface area contributed by atoms with Crippen LogP contribution in [0.1, 0.15) is 6.92 Å². The summed E-state index contributed by atoms with van der Waals surface area (Å²) in [5.41, 5.74) is 0. The number of ether oxygens (including phenoxy) is 1. The quantitative estimate of drug-likeness (QED) is 0.419. The van der Waals surface area contributed by atoms with Gasteiger partial charge in [-0.15, -0.1) is 16.5 Å². The van der Waals surface area contributed by atoms with Gasteiger partial charge in [-0.3, -0.25) is 5.01 Å². The standard InChI is InChI=1S/C11H15ClN2O2/c1-10(14(13-15)8-7-12)9-16-11-5-3-2-4-6-11/h2-6,10H,7-9H2,1H3. The number of rotatable bonds is 7. The number of nitrogens with zero attached hydrogens (tertiary/aromatic N) is 2. The van der Waals surface area contributed by atoms with E-state index in [9.17, 15) is 4.91 Å². The lowest BCUT2D eigenvalue weighted by Gasteiger charge is -2.22. The van der Waals surface area contributed by atoms with Gasteiger partial charge in [0.1, 0.15) is 12.4 Å². The van der Waals surface area contributed by atoms with Gasteiger partial charge in [0, 0.05) is 5.88 Å². The average Bonchev–Trinajstić information content (AvgIpc) is 2.34. The summed E-state index contributed by atoms with van der Waals surface area (Å²) in [5.74, 6) is 1.16. The van der Waals surface area contributed by atoms with Crippen LogP contribution in [0.15, 0.2) is 35.6 Å². The summed E-state index contributed by atoms with van der Waals surface area (Å²) in [6, 6.07) is 9.36. The highest BCUT2D eigenvalue weighted by Crippen LogP contribution is 2.10. The van der Waals surface area contributed by atoms with Crippen LogP contribution in [0.4, 0.5) is 0 Å². The highest BCUT2D eigenvalue weighted by atomic mass is 35.5. The third kappa shape index (κ3) is 4.06. The molecule has 1 unspecified atom stereocenters. The van der Waals surface area contributed by atoms with E-state index in [2.05, 4.69) is 5.29 Å². The van der Waals surface area contributed by atoms with Crippen LogP contribution in [-0.4, -0.2) is 30.1 Å². The number of para-hydroxylation sites is 1. The van der Waals surface area contributed by atoms with Crippen molar-refractivity contribution in [1.82, 2.24) is 5.01 Å². The van der Waals surface area contributed by atoms with Crippen molar-refractivity contribution < 1.29 is 4.74 Å². The molecule has 0 spiro atoms. The molecule has 0 bridgehead atoms. The number of hydrogen-bond acceptors (Lipinski definition) is 3. The Morgan fingerprint density at radius 1 is 1.44 bits per heavy atom. The van der Waals surface area contributed by atoms with Crippen LogP contribution in [-0.2, 0) is 0 Å². The maximum absolute atomic E-state index is 10.5. The van der Waals surface area contributed by atoms with Crippen LogP contribution in [0.5, 0.6) is 5.75 Å². The fraction of sp³-hybridized carbons (Fsp3) is 0.455. The van der Waals surface area contributed by atoms with Gasteiger partial charge in [-0.25, -0.2) is 0 Å². The van der Waals surface area contributed by atoms with Crippen LogP contribution >= 0.6 is 11.6 Å². The molecule has 0 heterocycles. The van der Waals surface area contributed by atoms with E-state index in [4.69, 9.17) is 16.3 Å². The second kappa shape index (κ2) is 7.06. The van der Waals surface area contributed by atoms with Gasteiger partial charge < -0.3 is 4.74 Å². The molecule has 1 aromatic rings. The number of benzene rings is 1. The van der Waals surface area contributed by atoms with Crippen LogP contribution in [0.2, 0.25) is 0 Å². The third-order valence-corrected chi connectivity index (χ3v) is 2.33. The zero-order valence-corrected chi connectivity index (χ0v) is 9.93. The lowest BCUT2D eigenvalue weighted by atomic mass is 10.3. The second-order valence-electron chi connectivity index (χ2n) is 3.41. The second-order valence-corrected chi connectivity index (χ2v) is 3.78. The van der Waals surface area contributed by atoms with Gasteiger partial charge in [0.25, 0.3) is 0 Å².